The zero-order chi connectivity index (χ0) is 23.2. The minimum atomic E-state index is -0.182. The van der Waals surface area contributed by atoms with E-state index in [9.17, 15) is 4.79 Å². The number of ether oxygens (including phenoxy) is 2. The van der Waals surface area contributed by atoms with Gasteiger partial charge in [0.15, 0.2) is 16.7 Å². The Kier molecular flexibility index (Phi) is 7.77. The second-order valence-corrected chi connectivity index (χ2v) is 9.35. The van der Waals surface area contributed by atoms with Gasteiger partial charge in [0, 0.05) is 5.02 Å². The van der Waals surface area contributed by atoms with Crippen molar-refractivity contribution in [3.63, 3.8) is 0 Å². The SMILES string of the molecule is COc1cc(C(C)NC(=O)CSc2nncn2-c2cccc(Cl)c2)ccc1OC1CCCC1. The Morgan fingerprint density at radius 3 is 2.82 bits per heavy atom. The first-order valence-corrected chi connectivity index (χ1v) is 12.3. The lowest BCUT2D eigenvalue weighted by atomic mass is 10.1. The average Bonchev–Trinajstić information content (AvgIpc) is 3.50. The standard InChI is InChI=1S/C24H27ClN4O3S/c1-16(17-10-11-21(22(12-17)31-2)32-20-8-3-4-9-20)27-23(30)14-33-24-28-26-15-29(24)19-7-5-6-18(25)13-19/h5-7,10-13,15-16,20H,3-4,8-9,14H2,1-2H3,(H,27,30). The van der Waals surface area contributed by atoms with Crippen molar-refractivity contribution < 1.29 is 14.3 Å². The first kappa shape index (κ1) is 23.4. The molecule has 0 bridgehead atoms. The Bertz CT molecular complexity index is 1100. The van der Waals surface area contributed by atoms with Crippen molar-refractivity contribution in [2.75, 3.05) is 12.9 Å². The van der Waals surface area contributed by atoms with Crippen molar-refractivity contribution in [2.24, 2.45) is 0 Å². The highest BCUT2D eigenvalue weighted by atomic mass is 35.5. The molecule has 0 spiro atoms. The fraction of sp³-hybridized carbons (Fsp3) is 0.375. The van der Waals surface area contributed by atoms with Gasteiger partial charge >= 0.3 is 0 Å². The molecule has 1 fully saturated rings. The number of benzene rings is 2. The predicted octanol–water partition coefficient (Wildman–Crippen LogP) is 5.22. The lowest BCUT2D eigenvalue weighted by Gasteiger charge is -2.19. The number of aromatic nitrogens is 3. The van der Waals surface area contributed by atoms with Gasteiger partial charge in [0.05, 0.1) is 30.7 Å². The largest absolute Gasteiger partial charge is 0.493 e. The highest BCUT2D eigenvalue weighted by molar-refractivity contribution is 7.99. The summed E-state index contributed by atoms with van der Waals surface area (Å²) in [7, 11) is 1.64. The fourth-order valence-corrected chi connectivity index (χ4v) is 4.78. The topological polar surface area (TPSA) is 78.3 Å². The Hall–Kier alpha value is -2.71. The van der Waals surface area contributed by atoms with Crippen LogP contribution in [0.2, 0.25) is 5.02 Å². The van der Waals surface area contributed by atoms with Crippen LogP contribution in [0.4, 0.5) is 0 Å². The predicted molar refractivity (Wildman–Crippen MR) is 130 cm³/mol. The molecule has 9 heteroatoms. The summed E-state index contributed by atoms with van der Waals surface area (Å²) >= 11 is 7.41. The molecule has 1 aliphatic rings. The maximum Gasteiger partial charge on any atom is 0.230 e. The molecule has 3 aromatic rings. The molecule has 2 aromatic carbocycles. The van der Waals surface area contributed by atoms with Gasteiger partial charge in [0.1, 0.15) is 6.33 Å². The number of carbonyl (C=O) groups excluding carboxylic acids is 1. The van der Waals surface area contributed by atoms with Gasteiger partial charge in [-0.3, -0.25) is 9.36 Å². The van der Waals surface area contributed by atoms with Gasteiger partial charge in [-0.1, -0.05) is 35.5 Å². The number of halogens is 1. The Morgan fingerprint density at radius 1 is 1.24 bits per heavy atom. The van der Waals surface area contributed by atoms with Gasteiger partial charge in [-0.25, -0.2) is 0 Å². The summed E-state index contributed by atoms with van der Waals surface area (Å²) in [5.74, 6) is 1.55. The van der Waals surface area contributed by atoms with E-state index in [2.05, 4.69) is 15.5 Å². The Morgan fingerprint density at radius 2 is 2.06 bits per heavy atom. The lowest BCUT2D eigenvalue weighted by molar-refractivity contribution is -0.119. The van der Waals surface area contributed by atoms with Crippen LogP contribution in [0.25, 0.3) is 5.69 Å². The zero-order valence-corrected chi connectivity index (χ0v) is 20.2. The van der Waals surface area contributed by atoms with Crippen molar-refractivity contribution in [3.05, 3.63) is 59.4 Å². The monoisotopic (exact) mass is 486 g/mol. The second-order valence-electron chi connectivity index (χ2n) is 7.98. The first-order chi connectivity index (χ1) is 16.0. The average molecular weight is 487 g/mol. The van der Waals surface area contributed by atoms with Gasteiger partial charge in [-0.15, -0.1) is 10.2 Å². The van der Waals surface area contributed by atoms with Gasteiger partial charge in [-0.05, 0) is 68.5 Å². The number of hydrogen-bond donors (Lipinski definition) is 1. The van der Waals surface area contributed by atoms with E-state index >= 15 is 0 Å². The Labute approximate surface area is 202 Å². The summed E-state index contributed by atoms with van der Waals surface area (Å²) in [5, 5.41) is 12.4. The van der Waals surface area contributed by atoms with E-state index in [0.717, 1.165) is 29.8 Å². The first-order valence-electron chi connectivity index (χ1n) is 11.0. The molecule has 7 nitrogen and oxygen atoms in total. The quantitative estimate of drug-likeness (QED) is 0.418. The van der Waals surface area contributed by atoms with Gasteiger partial charge in [0.2, 0.25) is 5.91 Å². The molecular formula is C24H27ClN4O3S. The van der Waals surface area contributed by atoms with E-state index < -0.39 is 0 Å². The number of rotatable bonds is 9. The van der Waals surface area contributed by atoms with Crippen molar-refractivity contribution in [1.29, 1.82) is 0 Å². The minimum Gasteiger partial charge on any atom is -0.493 e. The fourth-order valence-electron chi connectivity index (χ4n) is 3.86. The highest BCUT2D eigenvalue weighted by Crippen LogP contribution is 2.33. The van der Waals surface area contributed by atoms with Crippen LogP contribution in [0.3, 0.4) is 0 Å². The van der Waals surface area contributed by atoms with E-state index in [1.807, 2.05) is 43.3 Å². The Balaban J connectivity index is 1.35. The van der Waals surface area contributed by atoms with Crippen LogP contribution in [-0.2, 0) is 4.79 Å². The summed E-state index contributed by atoms with van der Waals surface area (Å²) in [5.41, 5.74) is 1.79. The van der Waals surface area contributed by atoms with Crippen LogP contribution in [0.15, 0.2) is 53.9 Å². The van der Waals surface area contributed by atoms with Crippen LogP contribution < -0.4 is 14.8 Å². The zero-order valence-electron chi connectivity index (χ0n) is 18.7. The smallest absolute Gasteiger partial charge is 0.230 e. The molecule has 1 aromatic heterocycles. The third-order valence-corrected chi connectivity index (χ3v) is 6.77. The molecule has 1 saturated carbocycles. The molecule has 1 unspecified atom stereocenters. The molecule has 1 heterocycles. The molecule has 1 atom stereocenters. The van der Waals surface area contributed by atoms with Gasteiger partial charge in [-0.2, -0.15) is 0 Å². The molecular weight excluding hydrogens is 460 g/mol. The molecule has 0 aliphatic heterocycles. The number of nitrogens with zero attached hydrogens (tertiary/aromatic N) is 3. The van der Waals surface area contributed by atoms with Gasteiger partial charge < -0.3 is 14.8 Å². The van der Waals surface area contributed by atoms with Crippen molar-refractivity contribution in [2.45, 2.75) is 49.9 Å². The van der Waals surface area contributed by atoms with E-state index in [1.165, 1.54) is 24.6 Å². The summed E-state index contributed by atoms with van der Waals surface area (Å²) in [6.07, 6.45) is 6.45. The van der Waals surface area contributed by atoms with E-state index in [4.69, 9.17) is 21.1 Å². The van der Waals surface area contributed by atoms with Crippen LogP contribution in [0, 0.1) is 0 Å². The number of amides is 1. The third kappa shape index (κ3) is 6.00. The van der Waals surface area contributed by atoms with Crippen LogP contribution >= 0.6 is 23.4 Å². The molecule has 4 rings (SSSR count). The van der Waals surface area contributed by atoms with Crippen LogP contribution in [0.1, 0.15) is 44.2 Å². The third-order valence-electron chi connectivity index (χ3n) is 5.60. The van der Waals surface area contributed by atoms with Crippen molar-refractivity contribution in [3.8, 4) is 17.2 Å². The van der Waals surface area contributed by atoms with Crippen LogP contribution in [-0.4, -0.2) is 39.6 Å². The molecule has 1 aliphatic carbocycles. The van der Waals surface area contributed by atoms with Crippen molar-refractivity contribution >= 4 is 29.3 Å². The summed E-state index contributed by atoms with van der Waals surface area (Å²) in [4.78, 5) is 12.6. The summed E-state index contributed by atoms with van der Waals surface area (Å²) in [6.45, 7) is 1.95. The number of nitrogens with one attached hydrogen (secondary N) is 1. The number of methoxy groups -OCH3 is 1. The van der Waals surface area contributed by atoms with Gasteiger partial charge in [0.25, 0.3) is 0 Å². The normalized spacial score (nSPS) is 14.8. The van der Waals surface area contributed by atoms with E-state index in [1.54, 1.807) is 24.1 Å². The number of thioether (sulfide) groups is 1. The lowest BCUT2D eigenvalue weighted by Crippen LogP contribution is -2.28. The highest BCUT2D eigenvalue weighted by Gasteiger charge is 2.20. The molecule has 0 saturated heterocycles. The summed E-state index contributed by atoms with van der Waals surface area (Å²) in [6, 6.07) is 13.0. The minimum absolute atomic E-state index is 0.0987. The van der Waals surface area contributed by atoms with E-state index in [0.29, 0.717) is 15.9 Å². The molecule has 1 amide bonds. The maximum atomic E-state index is 12.6. The number of carbonyl (C=O) groups is 1. The summed E-state index contributed by atoms with van der Waals surface area (Å²) < 4.78 is 13.5. The second kappa shape index (κ2) is 10.9. The molecule has 33 heavy (non-hydrogen) atoms. The molecule has 1 N–H and O–H groups in total. The molecule has 174 valence electrons. The van der Waals surface area contributed by atoms with Crippen molar-refractivity contribution in [1.82, 2.24) is 20.1 Å². The van der Waals surface area contributed by atoms with Crippen LogP contribution in [0.5, 0.6) is 11.5 Å². The van der Waals surface area contributed by atoms with E-state index in [-0.39, 0.29) is 23.8 Å². The molecule has 0 radical (unpaired) electrons. The number of hydrogen-bond acceptors (Lipinski definition) is 6. The maximum absolute atomic E-state index is 12.6.